The van der Waals surface area contributed by atoms with E-state index >= 15 is 0 Å². The van der Waals surface area contributed by atoms with Crippen molar-refractivity contribution in [3.05, 3.63) is 23.9 Å². The first-order valence-electron chi connectivity index (χ1n) is 5.10. The number of methoxy groups -OCH3 is 2. The highest BCUT2D eigenvalue weighted by molar-refractivity contribution is 5.69. The van der Waals surface area contributed by atoms with Crippen LogP contribution in [-0.4, -0.2) is 19.2 Å². The van der Waals surface area contributed by atoms with E-state index in [1.807, 2.05) is 19.1 Å². The standard InChI is InChI=1S/C12H14N2O3/c1-7-4-10(16-3)8(5-9(7)15-2)11-6-14-12(13)17-11/h4-6H,1-3H3,(H2,13,14). The maximum atomic E-state index is 5.46. The van der Waals surface area contributed by atoms with Crippen LogP contribution in [0, 0.1) is 6.92 Å². The zero-order valence-corrected chi connectivity index (χ0v) is 9.98. The summed E-state index contributed by atoms with van der Waals surface area (Å²) >= 11 is 0. The summed E-state index contributed by atoms with van der Waals surface area (Å²) in [5.74, 6) is 2.01. The molecule has 0 bridgehead atoms. The van der Waals surface area contributed by atoms with Gasteiger partial charge >= 0.3 is 0 Å². The zero-order chi connectivity index (χ0) is 12.4. The van der Waals surface area contributed by atoms with E-state index in [0.717, 1.165) is 16.9 Å². The molecule has 0 saturated carbocycles. The molecule has 0 radical (unpaired) electrons. The molecule has 0 atom stereocenters. The van der Waals surface area contributed by atoms with Crippen LogP contribution in [0.2, 0.25) is 0 Å². The molecule has 0 fully saturated rings. The predicted octanol–water partition coefficient (Wildman–Crippen LogP) is 2.25. The van der Waals surface area contributed by atoms with Crippen LogP contribution in [0.25, 0.3) is 11.3 Å². The number of ether oxygens (including phenoxy) is 2. The van der Waals surface area contributed by atoms with Gasteiger partial charge in [-0.1, -0.05) is 0 Å². The maximum Gasteiger partial charge on any atom is 0.292 e. The largest absolute Gasteiger partial charge is 0.496 e. The van der Waals surface area contributed by atoms with Crippen molar-refractivity contribution in [1.82, 2.24) is 4.98 Å². The number of nitrogens with two attached hydrogens (primary N) is 1. The molecule has 2 rings (SSSR count). The van der Waals surface area contributed by atoms with Crippen molar-refractivity contribution in [2.24, 2.45) is 0 Å². The molecule has 17 heavy (non-hydrogen) atoms. The predicted molar refractivity (Wildman–Crippen MR) is 64.2 cm³/mol. The van der Waals surface area contributed by atoms with Crippen LogP contribution in [0.5, 0.6) is 11.5 Å². The highest BCUT2D eigenvalue weighted by atomic mass is 16.5. The van der Waals surface area contributed by atoms with Crippen molar-refractivity contribution in [2.75, 3.05) is 20.0 Å². The second kappa shape index (κ2) is 4.37. The molecule has 0 saturated heterocycles. The Morgan fingerprint density at radius 1 is 1.18 bits per heavy atom. The normalized spacial score (nSPS) is 10.3. The molecule has 0 unspecified atom stereocenters. The van der Waals surface area contributed by atoms with E-state index in [-0.39, 0.29) is 6.01 Å². The van der Waals surface area contributed by atoms with Crippen molar-refractivity contribution in [3.63, 3.8) is 0 Å². The Hall–Kier alpha value is -2.17. The summed E-state index contributed by atoms with van der Waals surface area (Å²) in [6.45, 7) is 1.94. The number of hydrogen-bond acceptors (Lipinski definition) is 5. The molecule has 5 nitrogen and oxygen atoms in total. The second-order valence-corrected chi connectivity index (χ2v) is 3.58. The minimum absolute atomic E-state index is 0.126. The lowest BCUT2D eigenvalue weighted by atomic mass is 10.1. The highest BCUT2D eigenvalue weighted by Gasteiger charge is 2.14. The summed E-state index contributed by atoms with van der Waals surface area (Å²) in [4.78, 5) is 3.86. The van der Waals surface area contributed by atoms with Gasteiger partial charge in [0.2, 0.25) is 0 Å². The van der Waals surface area contributed by atoms with E-state index < -0.39 is 0 Å². The third-order valence-corrected chi connectivity index (χ3v) is 2.51. The van der Waals surface area contributed by atoms with Gasteiger partial charge in [0, 0.05) is 0 Å². The molecule has 0 amide bonds. The lowest BCUT2D eigenvalue weighted by Gasteiger charge is -2.11. The van der Waals surface area contributed by atoms with Crippen molar-refractivity contribution in [3.8, 4) is 22.8 Å². The number of nitrogen functional groups attached to an aromatic ring is 1. The van der Waals surface area contributed by atoms with Crippen LogP contribution < -0.4 is 15.2 Å². The molecule has 2 aromatic rings. The number of aryl methyl sites for hydroxylation is 1. The van der Waals surface area contributed by atoms with Gasteiger partial charge in [-0.15, -0.1) is 0 Å². The van der Waals surface area contributed by atoms with E-state index in [4.69, 9.17) is 19.6 Å². The van der Waals surface area contributed by atoms with Gasteiger partial charge in [0.05, 0.1) is 26.0 Å². The first kappa shape index (κ1) is 11.3. The third-order valence-electron chi connectivity index (χ3n) is 2.51. The van der Waals surface area contributed by atoms with Gasteiger partial charge in [-0.3, -0.25) is 0 Å². The first-order valence-corrected chi connectivity index (χ1v) is 5.10. The van der Waals surface area contributed by atoms with Crippen LogP contribution in [0.15, 0.2) is 22.7 Å². The fraction of sp³-hybridized carbons (Fsp3) is 0.250. The average Bonchev–Trinajstić information content (AvgIpc) is 2.75. The lowest BCUT2D eigenvalue weighted by molar-refractivity contribution is 0.400. The summed E-state index contributed by atoms with van der Waals surface area (Å²) in [7, 11) is 3.22. The molecule has 90 valence electrons. The number of aromatic nitrogens is 1. The number of nitrogens with zero attached hydrogens (tertiary/aromatic N) is 1. The van der Waals surface area contributed by atoms with E-state index in [9.17, 15) is 0 Å². The van der Waals surface area contributed by atoms with E-state index in [2.05, 4.69) is 4.98 Å². The fourth-order valence-corrected chi connectivity index (χ4v) is 1.66. The summed E-state index contributed by atoms with van der Waals surface area (Å²) in [5, 5.41) is 0. The fourth-order valence-electron chi connectivity index (χ4n) is 1.66. The van der Waals surface area contributed by atoms with Gasteiger partial charge in [0.15, 0.2) is 5.76 Å². The van der Waals surface area contributed by atoms with E-state index in [1.165, 1.54) is 0 Å². The third kappa shape index (κ3) is 2.04. The molecule has 0 aliphatic heterocycles. The minimum atomic E-state index is 0.126. The molecule has 5 heteroatoms. The van der Waals surface area contributed by atoms with Gasteiger partial charge < -0.3 is 19.6 Å². The maximum absolute atomic E-state index is 5.46. The molecule has 2 N–H and O–H groups in total. The van der Waals surface area contributed by atoms with E-state index in [1.54, 1.807) is 20.4 Å². The Balaban J connectivity index is 2.58. The molecule has 1 aromatic heterocycles. The van der Waals surface area contributed by atoms with Crippen molar-refractivity contribution in [2.45, 2.75) is 6.92 Å². The monoisotopic (exact) mass is 234 g/mol. The van der Waals surface area contributed by atoms with Gasteiger partial charge in [0.25, 0.3) is 6.01 Å². The Morgan fingerprint density at radius 2 is 1.88 bits per heavy atom. The van der Waals surface area contributed by atoms with Crippen molar-refractivity contribution < 1.29 is 13.9 Å². The van der Waals surface area contributed by atoms with Crippen LogP contribution in [-0.2, 0) is 0 Å². The summed E-state index contributed by atoms with van der Waals surface area (Å²) in [5.41, 5.74) is 7.21. The topological polar surface area (TPSA) is 70.5 Å². The van der Waals surface area contributed by atoms with Gasteiger partial charge in [0.1, 0.15) is 11.5 Å². The van der Waals surface area contributed by atoms with Crippen LogP contribution in [0.3, 0.4) is 0 Å². The van der Waals surface area contributed by atoms with Crippen LogP contribution in [0.1, 0.15) is 5.56 Å². The molecular formula is C12H14N2O3. The Labute approximate surface area is 99.2 Å². The van der Waals surface area contributed by atoms with Gasteiger partial charge in [-0.05, 0) is 24.6 Å². The average molecular weight is 234 g/mol. The van der Waals surface area contributed by atoms with Crippen molar-refractivity contribution >= 4 is 6.01 Å². The Kier molecular flexibility index (Phi) is 2.91. The summed E-state index contributed by atoms with van der Waals surface area (Å²) < 4.78 is 15.9. The molecule has 1 heterocycles. The molecule has 0 aliphatic carbocycles. The number of anilines is 1. The van der Waals surface area contributed by atoms with E-state index in [0.29, 0.717) is 11.5 Å². The number of rotatable bonds is 3. The number of oxazole rings is 1. The van der Waals surface area contributed by atoms with Crippen LogP contribution >= 0.6 is 0 Å². The van der Waals surface area contributed by atoms with Crippen molar-refractivity contribution in [1.29, 1.82) is 0 Å². The quantitative estimate of drug-likeness (QED) is 0.881. The molecule has 0 spiro atoms. The molecule has 0 aliphatic rings. The SMILES string of the molecule is COc1cc(-c2cnc(N)o2)c(OC)cc1C. The highest BCUT2D eigenvalue weighted by Crippen LogP contribution is 2.36. The first-order chi connectivity index (χ1) is 8.15. The van der Waals surface area contributed by atoms with Gasteiger partial charge in [-0.2, -0.15) is 0 Å². The lowest BCUT2D eigenvalue weighted by Crippen LogP contribution is -1.92. The zero-order valence-electron chi connectivity index (χ0n) is 9.98. The smallest absolute Gasteiger partial charge is 0.292 e. The minimum Gasteiger partial charge on any atom is -0.496 e. The molecule has 1 aromatic carbocycles. The second-order valence-electron chi connectivity index (χ2n) is 3.58. The molecular weight excluding hydrogens is 220 g/mol. The Morgan fingerprint density at radius 3 is 2.41 bits per heavy atom. The van der Waals surface area contributed by atoms with Gasteiger partial charge in [-0.25, -0.2) is 4.98 Å². The summed E-state index contributed by atoms with van der Waals surface area (Å²) in [6, 6.07) is 3.85. The Bertz CT molecular complexity index is 535. The summed E-state index contributed by atoms with van der Waals surface area (Å²) in [6.07, 6.45) is 1.56. The van der Waals surface area contributed by atoms with Crippen LogP contribution in [0.4, 0.5) is 6.01 Å². The number of benzene rings is 1. The number of hydrogen-bond donors (Lipinski definition) is 1.